The van der Waals surface area contributed by atoms with E-state index in [9.17, 15) is 4.79 Å². The molecule has 0 saturated heterocycles. The number of H-pyrrole nitrogens is 1. The van der Waals surface area contributed by atoms with Crippen LogP contribution in [-0.4, -0.2) is 39.6 Å². The fraction of sp³-hybridized carbons (Fsp3) is 0.486. The molecule has 2 aromatic carbocycles. The molecule has 0 aliphatic heterocycles. The minimum absolute atomic E-state index is 0.0352. The van der Waals surface area contributed by atoms with Gasteiger partial charge in [0.15, 0.2) is 5.96 Å². The SMILES string of the molecule is CC(C)(C)c1cc2cn(-c3ccc(CNCCCN=C(N)N)cc3)c(=O)nc2[nH]1.C[C@@H](N)CCCc1cc(CCl)cc(C(C)(C)C)c1. The van der Waals surface area contributed by atoms with Gasteiger partial charge in [0.25, 0.3) is 0 Å². The molecule has 10 heteroatoms. The number of aryl methyl sites for hydroxylation is 1. The Balaban J connectivity index is 0.000000287. The molecular weight excluding hydrogens is 608 g/mol. The number of halogens is 1. The summed E-state index contributed by atoms with van der Waals surface area (Å²) in [5.41, 5.74) is 23.8. The van der Waals surface area contributed by atoms with E-state index in [0.29, 0.717) is 24.1 Å². The predicted octanol–water partition coefficient (Wildman–Crippen LogP) is 6.16. The summed E-state index contributed by atoms with van der Waals surface area (Å²) in [6.45, 7) is 17.3. The van der Waals surface area contributed by atoms with Crippen LogP contribution >= 0.6 is 11.6 Å². The van der Waals surface area contributed by atoms with Crippen molar-refractivity contribution in [2.75, 3.05) is 13.1 Å². The lowest BCUT2D eigenvalue weighted by Gasteiger charge is -2.21. The summed E-state index contributed by atoms with van der Waals surface area (Å²) in [5, 5.41) is 4.27. The van der Waals surface area contributed by atoms with Crippen molar-refractivity contribution in [3.05, 3.63) is 93.2 Å². The van der Waals surface area contributed by atoms with Crippen molar-refractivity contribution in [3.63, 3.8) is 0 Å². The molecule has 0 aliphatic carbocycles. The standard InChI is InChI=1S/C21H29N7O.C16H26ClN/c1-21(2,3)17-11-15-13-28(20(29)27-18(15)26-17)16-7-5-14(6-8-16)12-24-9-4-10-25-19(22)23;1-12(18)6-5-7-13-8-14(11-17)10-15(9-13)16(2,3)4/h5-8,11,13,24H,4,9-10,12H2,1-3H3,(H4,22,23,25)(H,26,27,29);8-10,12H,5-7,11,18H2,1-4H3/t;12-/m.1/s1. The maximum atomic E-state index is 12.5. The maximum Gasteiger partial charge on any atom is 0.354 e. The van der Waals surface area contributed by atoms with Crippen LogP contribution < -0.4 is 28.2 Å². The Morgan fingerprint density at radius 1 is 0.979 bits per heavy atom. The summed E-state index contributed by atoms with van der Waals surface area (Å²) in [5.74, 6) is 0.710. The topological polar surface area (TPSA) is 153 Å². The molecule has 9 nitrogen and oxygen atoms in total. The molecule has 0 unspecified atom stereocenters. The van der Waals surface area contributed by atoms with Crippen molar-refractivity contribution in [1.29, 1.82) is 0 Å². The molecule has 8 N–H and O–H groups in total. The van der Waals surface area contributed by atoms with Gasteiger partial charge in [-0.15, -0.1) is 11.6 Å². The summed E-state index contributed by atoms with van der Waals surface area (Å²) in [6, 6.07) is 17.0. The number of fused-ring (bicyclic) bond motifs is 1. The van der Waals surface area contributed by atoms with Crippen molar-refractivity contribution in [1.82, 2.24) is 19.9 Å². The summed E-state index contributed by atoms with van der Waals surface area (Å²) >= 11 is 5.99. The number of rotatable bonds is 12. The third-order valence-electron chi connectivity index (χ3n) is 7.86. The lowest BCUT2D eigenvalue weighted by molar-refractivity contribution is 0.574. The lowest BCUT2D eigenvalue weighted by Crippen LogP contribution is -2.23. The average molecular weight is 663 g/mol. The summed E-state index contributed by atoms with van der Waals surface area (Å²) in [6.07, 6.45) is 6.02. The van der Waals surface area contributed by atoms with E-state index in [1.165, 1.54) is 16.7 Å². The monoisotopic (exact) mass is 662 g/mol. The zero-order valence-electron chi connectivity index (χ0n) is 29.3. The summed E-state index contributed by atoms with van der Waals surface area (Å²) < 4.78 is 1.58. The largest absolute Gasteiger partial charge is 0.370 e. The van der Waals surface area contributed by atoms with E-state index in [2.05, 4.69) is 93.0 Å². The minimum atomic E-state index is -0.301. The van der Waals surface area contributed by atoms with Gasteiger partial charge in [0.1, 0.15) is 5.65 Å². The number of benzene rings is 2. The fourth-order valence-electron chi connectivity index (χ4n) is 5.05. The zero-order valence-corrected chi connectivity index (χ0v) is 30.0. The van der Waals surface area contributed by atoms with Gasteiger partial charge in [0.05, 0.1) is 5.69 Å². The Kier molecular flexibility index (Phi) is 13.6. The van der Waals surface area contributed by atoms with Crippen molar-refractivity contribution in [3.8, 4) is 5.69 Å². The number of nitrogens with two attached hydrogens (primary N) is 3. The number of hydrogen-bond acceptors (Lipinski definition) is 5. The van der Waals surface area contributed by atoms with Crippen molar-refractivity contribution in [2.24, 2.45) is 22.2 Å². The highest BCUT2D eigenvalue weighted by Crippen LogP contribution is 2.26. The molecule has 0 saturated carbocycles. The predicted molar refractivity (Wildman–Crippen MR) is 199 cm³/mol. The van der Waals surface area contributed by atoms with E-state index in [1.54, 1.807) is 4.57 Å². The van der Waals surface area contributed by atoms with E-state index in [-0.39, 0.29) is 22.5 Å². The molecule has 47 heavy (non-hydrogen) atoms. The number of aromatic nitrogens is 3. The number of nitrogens with one attached hydrogen (secondary N) is 2. The van der Waals surface area contributed by atoms with Gasteiger partial charge < -0.3 is 27.5 Å². The molecule has 4 aromatic rings. The number of aliphatic imine (C=N–C) groups is 1. The molecule has 2 heterocycles. The van der Waals surface area contributed by atoms with Crippen LogP contribution in [0.4, 0.5) is 0 Å². The molecule has 0 bridgehead atoms. The van der Waals surface area contributed by atoms with Crippen LogP contribution in [0.25, 0.3) is 16.7 Å². The molecule has 0 radical (unpaired) electrons. The Labute approximate surface area is 285 Å². The third kappa shape index (κ3) is 12.1. The molecule has 0 amide bonds. The maximum absolute atomic E-state index is 12.5. The highest BCUT2D eigenvalue weighted by molar-refractivity contribution is 6.17. The first kappa shape index (κ1) is 37.8. The molecule has 0 aliphatic rings. The van der Waals surface area contributed by atoms with E-state index in [4.69, 9.17) is 28.8 Å². The number of nitrogens with zero attached hydrogens (tertiary/aromatic N) is 3. The number of guanidine groups is 1. The zero-order chi connectivity index (χ0) is 34.8. The van der Waals surface area contributed by atoms with E-state index >= 15 is 0 Å². The van der Waals surface area contributed by atoms with Gasteiger partial charge in [-0.05, 0) is 85.0 Å². The minimum Gasteiger partial charge on any atom is -0.370 e. The van der Waals surface area contributed by atoms with Gasteiger partial charge in [-0.3, -0.25) is 9.56 Å². The van der Waals surface area contributed by atoms with Crippen LogP contribution in [0.3, 0.4) is 0 Å². The lowest BCUT2D eigenvalue weighted by atomic mass is 9.84. The molecule has 4 rings (SSSR count). The van der Waals surface area contributed by atoms with Crippen molar-refractivity contribution in [2.45, 2.75) is 103 Å². The Morgan fingerprint density at radius 2 is 1.66 bits per heavy atom. The summed E-state index contributed by atoms with van der Waals surface area (Å²) in [4.78, 5) is 23.9. The van der Waals surface area contributed by atoms with Gasteiger partial charge in [-0.25, -0.2) is 4.79 Å². The van der Waals surface area contributed by atoms with Crippen LogP contribution in [0, 0.1) is 0 Å². The van der Waals surface area contributed by atoms with Gasteiger partial charge >= 0.3 is 5.69 Å². The second kappa shape index (κ2) is 16.9. The second-order valence-electron chi connectivity index (χ2n) is 14.4. The van der Waals surface area contributed by atoms with Crippen molar-refractivity contribution >= 4 is 28.6 Å². The van der Waals surface area contributed by atoms with E-state index in [1.807, 2.05) is 30.5 Å². The van der Waals surface area contributed by atoms with Crippen LogP contribution in [0.5, 0.6) is 0 Å². The Bertz CT molecular complexity index is 1650. The smallest absolute Gasteiger partial charge is 0.354 e. The van der Waals surface area contributed by atoms with Crippen LogP contribution in [0.2, 0.25) is 0 Å². The number of aromatic amines is 1. The number of hydrogen-bond donors (Lipinski definition) is 5. The van der Waals surface area contributed by atoms with Gasteiger partial charge in [0.2, 0.25) is 0 Å². The molecule has 2 aromatic heterocycles. The van der Waals surface area contributed by atoms with Crippen LogP contribution in [0.1, 0.15) is 95.7 Å². The van der Waals surface area contributed by atoms with Crippen LogP contribution in [-0.2, 0) is 29.7 Å². The second-order valence-corrected chi connectivity index (χ2v) is 14.7. The molecule has 0 spiro atoms. The van der Waals surface area contributed by atoms with E-state index in [0.717, 1.165) is 61.1 Å². The van der Waals surface area contributed by atoms with Crippen LogP contribution in [0.15, 0.2) is 64.5 Å². The first-order chi connectivity index (χ1) is 22.1. The number of alkyl halides is 1. The fourth-order valence-corrected chi connectivity index (χ4v) is 5.20. The highest BCUT2D eigenvalue weighted by atomic mass is 35.5. The van der Waals surface area contributed by atoms with Crippen molar-refractivity contribution < 1.29 is 0 Å². The van der Waals surface area contributed by atoms with Gasteiger partial charge in [0, 0.05) is 47.7 Å². The first-order valence-corrected chi connectivity index (χ1v) is 17.0. The molecule has 0 fully saturated rings. The first-order valence-electron chi connectivity index (χ1n) is 16.5. The third-order valence-corrected chi connectivity index (χ3v) is 8.17. The van der Waals surface area contributed by atoms with Gasteiger partial charge in [-0.1, -0.05) is 71.9 Å². The average Bonchev–Trinajstić information content (AvgIpc) is 3.42. The van der Waals surface area contributed by atoms with Gasteiger partial charge in [-0.2, -0.15) is 4.98 Å². The van der Waals surface area contributed by atoms with E-state index < -0.39 is 0 Å². The molecule has 256 valence electrons. The molecule has 1 atom stereocenters. The Hall–Kier alpha value is -3.66. The highest BCUT2D eigenvalue weighted by Gasteiger charge is 2.18. The normalized spacial score (nSPS) is 12.4. The summed E-state index contributed by atoms with van der Waals surface area (Å²) in [7, 11) is 0. The quantitative estimate of drug-likeness (QED) is 0.0530. The Morgan fingerprint density at radius 3 is 2.26 bits per heavy atom. The molecular formula is C37H55ClN8O.